The van der Waals surface area contributed by atoms with Gasteiger partial charge in [0, 0.05) is 5.39 Å². The standard InChI is InChI=1S/C16H12N2O4S/c19-16-14(23(20,21)22)10-11-6-4-5-9-13(11)15(16)18-17-12-7-2-1-3-8-12/h1-10,19H,(H,20,21,22)/b18-17+. The first-order valence-electron chi connectivity index (χ1n) is 6.66. The van der Waals surface area contributed by atoms with Crippen LogP contribution in [0.3, 0.4) is 0 Å². The normalized spacial score (nSPS) is 12.0. The van der Waals surface area contributed by atoms with Crippen LogP contribution in [0.4, 0.5) is 11.4 Å². The van der Waals surface area contributed by atoms with E-state index >= 15 is 0 Å². The maximum absolute atomic E-state index is 11.4. The lowest BCUT2D eigenvalue weighted by atomic mass is 10.1. The Kier molecular flexibility index (Phi) is 3.81. The van der Waals surface area contributed by atoms with E-state index in [0.29, 0.717) is 16.5 Å². The van der Waals surface area contributed by atoms with Gasteiger partial charge in [-0.05, 0) is 23.6 Å². The lowest BCUT2D eigenvalue weighted by Crippen LogP contribution is -1.98. The Morgan fingerprint density at radius 2 is 1.52 bits per heavy atom. The highest BCUT2D eigenvalue weighted by atomic mass is 32.2. The second kappa shape index (κ2) is 5.79. The molecule has 3 aromatic carbocycles. The number of phenolic OH excluding ortho intramolecular Hbond substituents is 1. The van der Waals surface area contributed by atoms with Crippen LogP contribution in [-0.2, 0) is 10.1 Å². The van der Waals surface area contributed by atoms with E-state index in [-0.39, 0.29) is 5.69 Å². The van der Waals surface area contributed by atoms with Crippen LogP contribution in [0, 0.1) is 0 Å². The molecule has 0 heterocycles. The van der Waals surface area contributed by atoms with Crippen LogP contribution >= 0.6 is 0 Å². The van der Waals surface area contributed by atoms with Crippen LogP contribution in [-0.4, -0.2) is 18.1 Å². The molecule has 0 atom stereocenters. The van der Waals surface area contributed by atoms with Crippen molar-refractivity contribution < 1.29 is 18.1 Å². The fraction of sp³-hybridized carbons (Fsp3) is 0. The molecule has 0 aromatic heterocycles. The van der Waals surface area contributed by atoms with E-state index in [4.69, 9.17) is 0 Å². The average molecular weight is 328 g/mol. The summed E-state index contributed by atoms with van der Waals surface area (Å²) in [6.07, 6.45) is 0. The van der Waals surface area contributed by atoms with Crippen LogP contribution in [0.5, 0.6) is 5.75 Å². The molecule has 0 aliphatic heterocycles. The molecule has 23 heavy (non-hydrogen) atoms. The van der Waals surface area contributed by atoms with Crippen LogP contribution < -0.4 is 0 Å². The lowest BCUT2D eigenvalue weighted by Gasteiger charge is -2.08. The Morgan fingerprint density at radius 3 is 2.22 bits per heavy atom. The predicted octanol–water partition coefficient (Wildman–Crippen LogP) is 4.21. The quantitative estimate of drug-likeness (QED) is 0.555. The van der Waals surface area contributed by atoms with Crippen LogP contribution in [0.25, 0.3) is 10.8 Å². The summed E-state index contributed by atoms with van der Waals surface area (Å²) in [7, 11) is -4.58. The Hall–Kier alpha value is -2.77. The van der Waals surface area contributed by atoms with Crippen molar-refractivity contribution in [2.75, 3.05) is 0 Å². The Morgan fingerprint density at radius 1 is 0.870 bits per heavy atom. The fourth-order valence-corrected chi connectivity index (χ4v) is 2.81. The van der Waals surface area contributed by atoms with Gasteiger partial charge >= 0.3 is 0 Å². The molecule has 7 heteroatoms. The molecular formula is C16H12N2O4S. The topological polar surface area (TPSA) is 99.3 Å². The lowest BCUT2D eigenvalue weighted by molar-refractivity contribution is 0.445. The van der Waals surface area contributed by atoms with Crippen LogP contribution in [0.2, 0.25) is 0 Å². The van der Waals surface area contributed by atoms with Gasteiger partial charge in [-0.15, -0.1) is 5.11 Å². The van der Waals surface area contributed by atoms with Crippen molar-refractivity contribution in [3.05, 3.63) is 60.7 Å². The molecule has 0 spiro atoms. The van der Waals surface area contributed by atoms with E-state index in [1.54, 1.807) is 48.5 Å². The predicted molar refractivity (Wildman–Crippen MR) is 86.0 cm³/mol. The third-order valence-electron chi connectivity index (χ3n) is 3.26. The molecule has 0 aliphatic rings. The van der Waals surface area contributed by atoms with E-state index in [2.05, 4.69) is 10.2 Å². The van der Waals surface area contributed by atoms with Gasteiger partial charge in [-0.2, -0.15) is 13.5 Å². The highest BCUT2D eigenvalue weighted by molar-refractivity contribution is 7.86. The summed E-state index contributed by atoms with van der Waals surface area (Å²) in [6, 6.07) is 16.8. The molecule has 0 fully saturated rings. The number of aromatic hydroxyl groups is 1. The van der Waals surface area contributed by atoms with Gasteiger partial charge in [-0.1, -0.05) is 42.5 Å². The molecule has 0 saturated heterocycles. The number of benzene rings is 3. The molecule has 0 amide bonds. The van der Waals surface area contributed by atoms with Crippen molar-refractivity contribution in [3.8, 4) is 5.75 Å². The third-order valence-corrected chi connectivity index (χ3v) is 4.13. The van der Waals surface area contributed by atoms with Crippen molar-refractivity contribution in [1.29, 1.82) is 0 Å². The number of fused-ring (bicyclic) bond motifs is 1. The molecule has 0 unspecified atom stereocenters. The minimum atomic E-state index is -4.58. The summed E-state index contributed by atoms with van der Waals surface area (Å²) in [6.45, 7) is 0. The van der Waals surface area contributed by atoms with Crippen molar-refractivity contribution in [2.24, 2.45) is 10.2 Å². The van der Waals surface area contributed by atoms with E-state index in [0.717, 1.165) is 0 Å². The number of phenols is 1. The van der Waals surface area contributed by atoms with Crippen LogP contribution in [0.15, 0.2) is 75.8 Å². The largest absolute Gasteiger partial charge is 0.504 e. The highest BCUT2D eigenvalue weighted by Gasteiger charge is 2.21. The molecule has 3 aromatic rings. The number of rotatable bonds is 3. The molecule has 116 valence electrons. The summed E-state index contributed by atoms with van der Waals surface area (Å²) in [5, 5.41) is 19.2. The van der Waals surface area contributed by atoms with E-state index in [9.17, 15) is 18.1 Å². The summed E-state index contributed by atoms with van der Waals surface area (Å²) in [5.41, 5.74) is 0.535. The zero-order valence-electron chi connectivity index (χ0n) is 11.8. The maximum Gasteiger partial charge on any atom is 0.298 e. The highest BCUT2D eigenvalue weighted by Crippen LogP contribution is 2.41. The molecule has 0 radical (unpaired) electrons. The SMILES string of the molecule is O=S(=O)(O)c1cc2ccccc2c(/N=N/c2ccccc2)c1O. The Balaban J connectivity index is 2.26. The van der Waals surface area contributed by atoms with Crippen molar-refractivity contribution in [2.45, 2.75) is 4.90 Å². The minimum absolute atomic E-state index is 0.0143. The minimum Gasteiger partial charge on any atom is -0.504 e. The zero-order chi connectivity index (χ0) is 16.4. The summed E-state index contributed by atoms with van der Waals surface area (Å²) >= 11 is 0. The van der Waals surface area contributed by atoms with Crippen molar-refractivity contribution in [1.82, 2.24) is 0 Å². The van der Waals surface area contributed by atoms with Gasteiger partial charge < -0.3 is 5.11 Å². The van der Waals surface area contributed by atoms with Gasteiger partial charge in [-0.3, -0.25) is 4.55 Å². The monoisotopic (exact) mass is 328 g/mol. The number of hydrogen-bond acceptors (Lipinski definition) is 5. The molecule has 6 nitrogen and oxygen atoms in total. The Labute approximate surface area is 132 Å². The molecule has 0 aliphatic carbocycles. The van der Waals surface area contributed by atoms with E-state index in [1.807, 2.05) is 6.07 Å². The molecule has 3 rings (SSSR count). The Bertz CT molecular complexity index is 999. The first kappa shape index (κ1) is 15.1. The third kappa shape index (κ3) is 3.05. The van der Waals surface area contributed by atoms with Crippen molar-refractivity contribution >= 4 is 32.3 Å². The van der Waals surface area contributed by atoms with Gasteiger partial charge in [0.05, 0.1) is 5.69 Å². The second-order valence-electron chi connectivity index (χ2n) is 4.80. The molecule has 0 bridgehead atoms. The molecule has 0 saturated carbocycles. The van der Waals surface area contributed by atoms with Crippen LogP contribution in [0.1, 0.15) is 0 Å². The summed E-state index contributed by atoms with van der Waals surface area (Å²) in [5.74, 6) is -0.633. The molecular weight excluding hydrogens is 316 g/mol. The average Bonchev–Trinajstić information content (AvgIpc) is 2.53. The van der Waals surface area contributed by atoms with Crippen molar-refractivity contribution in [3.63, 3.8) is 0 Å². The number of azo groups is 1. The van der Waals surface area contributed by atoms with Gasteiger partial charge in [0.25, 0.3) is 10.1 Å². The first-order valence-corrected chi connectivity index (χ1v) is 8.10. The fourth-order valence-electron chi connectivity index (χ4n) is 2.19. The maximum atomic E-state index is 11.4. The van der Waals surface area contributed by atoms with Gasteiger partial charge in [-0.25, -0.2) is 0 Å². The van der Waals surface area contributed by atoms with Gasteiger partial charge in [0.1, 0.15) is 10.6 Å². The second-order valence-corrected chi connectivity index (χ2v) is 6.19. The summed E-state index contributed by atoms with van der Waals surface area (Å²) in [4.78, 5) is -0.599. The number of nitrogens with zero attached hydrogens (tertiary/aromatic N) is 2. The van der Waals surface area contributed by atoms with Gasteiger partial charge in [0.2, 0.25) is 0 Å². The molecule has 2 N–H and O–H groups in total. The smallest absolute Gasteiger partial charge is 0.298 e. The van der Waals surface area contributed by atoms with E-state index < -0.39 is 20.8 Å². The summed E-state index contributed by atoms with van der Waals surface area (Å²) < 4.78 is 32.2. The van der Waals surface area contributed by atoms with Gasteiger partial charge in [0.15, 0.2) is 5.75 Å². The number of hydrogen-bond donors (Lipinski definition) is 2. The first-order chi connectivity index (χ1) is 11.0. The van der Waals surface area contributed by atoms with E-state index in [1.165, 1.54) is 6.07 Å². The zero-order valence-corrected chi connectivity index (χ0v) is 12.6.